The molecule has 0 fully saturated rings. The molecule has 3 rings (SSSR count). The number of amides is 1. The van der Waals surface area contributed by atoms with Crippen LogP contribution in [0.15, 0.2) is 35.2 Å². The van der Waals surface area contributed by atoms with E-state index in [1.807, 2.05) is 36.7 Å². The number of aryl methyl sites for hydroxylation is 2. The van der Waals surface area contributed by atoms with Gasteiger partial charge in [-0.2, -0.15) is 4.99 Å². The maximum absolute atomic E-state index is 12.0. The van der Waals surface area contributed by atoms with Gasteiger partial charge in [0.2, 0.25) is 5.76 Å². The van der Waals surface area contributed by atoms with Crippen LogP contribution >= 0.6 is 11.3 Å². The van der Waals surface area contributed by atoms with Gasteiger partial charge in [0.05, 0.1) is 10.2 Å². The molecule has 2 aromatic rings. The summed E-state index contributed by atoms with van der Waals surface area (Å²) in [6.45, 7) is 2.89. The van der Waals surface area contributed by atoms with Gasteiger partial charge in [0, 0.05) is 7.05 Å². The van der Waals surface area contributed by atoms with Crippen molar-refractivity contribution < 1.29 is 14.3 Å². The third-order valence-corrected chi connectivity index (χ3v) is 4.18. The van der Waals surface area contributed by atoms with E-state index in [9.17, 15) is 4.79 Å². The fourth-order valence-corrected chi connectivity index (χ4v) is 3.22. The molecule has 1 aliphatic rings. The van der Waals surface area contributed by atoms with E-state index in [2.05, 4.69) is 4.99 Å². The first-order valence-electron chi connectivity index (χ1n) is 6.25. The highest BCUT2D eigenvalue weighted by molar-refractivity contribution is 7.16. The summed E-state index contributed by atoms with van der Waals surface area (Å²) in [6, 6.07) is 6.07. The molecule has 0 bridgehead atoms. The predicted molar refractivity (Wildman–Crippen MR) is 76.1 cm³/mol. The van der Waals surface area contributed by atoms with Crippen LogP contribution in [0.2, 0.25) is 0 Å². The lowest BCUT2D eigenvalue weighted by Crippen LogP contribution is -2.18. The van der Waals surface area contributed by atoms with Crippen LogP contribution in [0.25, 0.3) is 10.2 Å². The Balaban J connectivity index is 2.08. The summed E-state index contributed by atoms with van der Waals surface area (Å²) in [5.41, 5.74) is 2.26. The second kappa shape index (κ2) is 5.13. The van der Waals surface area contributed by atoms with Gasteiger partial charge in [-0.05, 0) is 18.6 Å². The number of thiazole rings is 1. The number of nitrogens with zero attached hydrogens (tertiary/aromatic N) is 2. The van der Waals surface area contributed by atoms with Crippen LogP contribution in [0.4, 0.5) is 0 Å². The Morgan fingerprint density at radius 2 is 2.25 bits per heavy atom. The first-order valence-corrected chi connectivity index (χ1v) is 7.07. The van der Waals surface area contributed by atoms with Crippen LogP contribution in [0.5, 0.6) is 0 Å². The highest BCUT2D eigenvalue weighted by Crippen LogP contribution is 2.19. The third kappa shape index (κ3) is 2.22. The van der Waals surface area contributed by atoms with E-state index in [-0.39, 0.29) is 5.76 Å². The summed E-state index contributed by atoms with van der Waals surface area (Å²) >= 11 is 1.48. The summed E-state index contributed by atoms with van der Waals surface area (Å²) in [7, 11) is 1.91. The van der Waals surface area contributed by atoms with Gasteiger partial charge in [-0.3, -0.25) is 4.79 Å². The Morgan fingerprint density at radius 3 is 2.95 bits per heavy atom. The summed E-state index contributed by atoms with van der Waals surface area (Å²) in [4.78, 5) is 16.8. The Bertz CT molecular complexity index is 770. The zero-order chi connectivity index (χ0) is 14.1. The molecule has 1 aromatic heterocycles. The van der Waals surface area contributed by atoms with E-state index in [0.717, 1.165) is 15.8 Å². The average Bonchev–Trinajstić information content (AvgIpc) is 2.78. The number of hydrogen-bond acceptors (Lipinski definition) is 4. The molecule has 6 heteroatoms. The van der Waals surface area contributed by atoms with Crippen molar-refractivity contribution in [3.8, 4) is 0 Å². The van der Waals surface area contributed by atoms with E-state index in [0.29, 0.717) is 18.0 Å². The van der Waals surface area contributed by atoms with Crippen molar-refractivity contribution in [3.63, 3.8) is 0 Å². The lowest BCUT2D eigenvalue weighted by Gasteiger charge is -2.12. The smallest absolute Gasteiger partial charge is 0.317 e. The summed E-state index contributed by atoms with van der Waals surface area (Å²) in [5, 5.41) is 0. The molecular formula is C14H14N2O3S. The van der Waals surface area contributed by atoms with Gasteiger partial charge >= 0.3 is 5.91 Å². The maximum atomic E-state index is 12.0. The van der Waals surface area contributed by atoms with Crippen molar-refractivity contribution in [3.05, 3.63) is 40.6 Å². The minimum atomic E-state index is -0.412. The normalized spacial score (nSPS) is 15.7. The fraction of sp³-hybridized carbons (Fsp3) is 0.286. The van der Waals surface area contributed by atoms with Crippen LogP contribution in [-0.4, -0.2) is 23.7 Å². The van der Waals surface area contributed by atoms with Crippen molar-refractivity contribution >= 4 is 27.5 Å². The number of benzene rings is 1. The quantitative estimate of drug-likeness (QED) is 0.805. The Kier molecular flexibility index (Phi) is 3.31. The fourth-order valence-electron chi connectivity index (χ4n) is 2.13. The molecule has 0 radical (unpaired) electrons. The van der Waals surface area contributed by atoms with Gasteiger partial charge in [0.15, 0.2) is 4.80 Å². The molecule has 0 spiro atoms. The first-order chi connectivity index (χ1) is 9.66. The monoisotopic (exact) mass is 290 g/mol. The van der Waals surface area contributed by atoms with Gasteiger partial charge in [0.1, 0.15) is 19.5 Å². The maximum Gasteiger partial charge on any atom is 0.317 e. The molecule has 1 aromatic carbocycles. The van der Waals surface area contributed by atoms with Gasteiger partial charge in [-0.25, -0.2) is 0 Å². The number of carbonyl (C=O) groups excluding carboxylic acids is 1. The SMILES string of the molecule is Cc1cccc2sc(=NC(=O)C3=COCCO3)n(C)c12. The Labute approximate surface area is 119 Å². The molecule has 0 saturated carbocycles. The molecule has 0 atom stereocenters. The largest absolute Gasteiger partial charge is 0.494 e. The summed E-state index contributed by atoms with van der Waals surface area (Å²) in [6.07, 6.45) is 1.33. The topological polar surface area (TPSA) is 52.8 Å². The molecule has 1 amide bonds. The van der Waals surface area contributed by atoms with Crippen molar-refractivity contribution in [1.29, 1.82) is 0 Å². The van der Waals surface area contributed by atoms with Crippen molar-refractivity contribution in [1.82, 2.24) is 4.57 Å². The van der Waals surface area contributed by atoms with Gasteiger partial charge in [-0.15, -0.1) is 0 Å². The van der Waals surface area contributed by atoms with Crippen LogP contribution < -0.4 is 4.80 Å². The number of carbonyl (C=O) groups is 1. The van der Waals surface area contributed by atoms with Crippen LogP contribution in [0.1, 0.15) is 5.56 Å². The standard InChI is InChI=1S/C14H14N2O3S/c1-9-4-3-5-11-12(9)16(2)14(20-11)15-13(17)10-8-18-6-7-19-10/h3-5,8H,6-7H2,1-2H3. The Morgan fingerprint density at radius 1 is 1.40 bits per heavy atom. The number of fused-ring (bicyclic) bond motifs is 1. The first kappa shape index (κ1) is 12.9. The van der Waals surface area contributed by atoms with E-state index < -0.39 is 5.91 Å². The van der Waals surface area contributed by atoms with Crippen LogP contribution in [0.3, 0.4) is 0 Å². The van der Waals surface area contributed by atoms with Crippen molar-refractivity contribution in [2.24, 2.45) is 12.0 Å². The highest BCUT2D eigenvalue weighted by atomic mass is 32.1. The van der Waals surface area contributed by atoms with Gasteiger partial charge in [0.25, 0.3) is 0 Å². The van der Waals surface area contributed by atoms with Crippen LogP contribution in [0, 0.1) is 6.92 Å². The molecule has 0 saturated heterocycles. The summed E-state index contributed by atoms with van der Waals surface area (Å²) < 4.78 is 13.3. The number of para-hydroxylation sites is 1. The molecule has 5 nitrogen and oxygen atoms in total. The lowest BCUT2D eigenvalue weighted by molar-refractivity contribution is -0.119. The predicted octanol–water partition coefficient (Wildman–Crippen LogP) is 1.86. The minimum Gasteiger partial charge on any atom is -0.494 e. The lowest BCUT2D eigenvalue weighted by atomic mass is 10.2. The highest BCUT2D eigenvalue weighted by Gasteiger charge is 2.15. The number of hydrogen-bond donors (Lipinski definition) is 0. The molecule has 0 aliphatic carbocycles. The second-order valence-electron chi connectivity index (χ2n) is 4.48. The third-order valence-electron chi connectivity index (χ3n) is 3.08. The number of rotatable bonds is 1. The molecule has 2 heterocycles. The van der Waals surface area contributed by atoms with E-state index in [4.69, 9.17) is 9.47 Å². The minimum absolute atomic E-state index is 0.158. The van der Waals surface area contributed by atoms with Gasteiger partial charge in [-0.1, -0.05) is 23.5 Å². The van der Waals surface area contributed by atoms with E-state index in [1.165, 1.54) is 17.6 Å². The van der Waals surface area contributed by atoms with Gasteiger partial charge < -0.3 is 14.0 Å². The molecule has 0 N–H and O–H groups in total. The zero-order valence-electron chi connectivity index (χ0n) is 11.3. The summed E-state index contributed by atoms with van der Waals surface area (Å²) in [5.74, 6) is -0.255. The molecular weight excluding hydrogens is 276 g/mol. The second-order valence-corrected chi connectivity index (χ2v) is 5.49. The van der Waals surface area contributed by atoms with E-state index in [1.54, 1.807) is 0 Å². The van der Waals surface area contributed by atoms with Crippen LogP contribution in [-0.2, 0) is 21.3 Å². The van der Waals surface area contributed by atoms with Crippen molar-refractivity contribution in [2.45, 2.75) is 6.92 Å². The number of aromatic nitrogens is 1. The van der Waals surface area contributed by atoms with E-state index >= 15 is 0 Å². The molecule has 20 heavy (non-hydrogen) atoms. The number of ether oxygens (including phenoxy) is 2. The zero-order valence-corrected chi connectivity index (χ0v) is 12.1. The average molecular weight is 290 g/mol. The molecule has 0 unspecified atom stereocenters. The Hall–Kier alpha value is -2.08. The molecule has 104 valence electrons. The van der Waals surface area contributed by atoms with Crippen molar-refractivity contribution in [2.75, 3.05) is 13.2 Å². The molecule has 1 aliphatic heterocycles.